The lowest BCUT2D eigenvalue weighted by Gasteiger charge is -2.28. The molecule has 0 saturated carbocycles. The number of benzene rings is 2. The fourth-order valence-corrected chi connectivity index (χ4v) is 5.22. The summed E-state index contributed by atoms with van der Waals surface area (Å²) in [6.45, 7) is 4.87. The van der Waals surface area contributed by atoms with Crippen LogP contribution in [-0.2, 0) is 17.6 Å². The van der Waals surface area contributed by atoms with E-state index in [1.165, 1.54) is 29.3 Å². The van der Waals surface area contributed by atoms with Crippen molar-refractivity contribution in [2.24, 2.45) is 0 Å². The normalized spacial score (nSPS) is 16.9. The molecule has 1 unspecified atom stereocenters. The summed E-state index contributed by atoms with van der Waals surface area (Å²) in [5.74, 6) is 0.935. The maximum atomic E-state index is 13.2. The van der Waals surface area contributed by atoms with Gasteiger partial charge in [0.25, 0.3) is 0 Å². The third kappa shape index (κ3) is 4.12. The Morgan fingerprint density at radius 3 is 2.61 bits per heavy atom. The number of hydrogen-bond acceptors (Lipinski definition) is 6. The molecule has 2 heterocycles. The molecule has 3 aromatic rings. The molecule has 0 bridgehead atoms. The van der Waals surface area contributed by atoms with Crippen LogP contribution in [0.1, 0.15) is 34.8 Å². The second kappa shape index (κ2) is 8.85. The Labute approximate surface area is 186 Å². The van der Waals surface area contributed by atoms with Crippen LogP contribution in [0.4, 0.5) is 5.95 Å². The molecular formula is C24H26N4O2S. The molecule has 0 spiro atoms. The smallest absolute Gasteiger partial charge is 0.232 e. The molecule has 31 heavy (non-hydrogen) atoms. The average molecular weight is 435 g/mol. The minimum Gasteiger partial charge on any atom is -0.378 e. The summed E-state index contributed by atoms with van der Waals surface area (Å²) in [5, 5.41) is 9.45. The van der Waals surface area contributed by atoms with E-state index in [-0.39, 0.29) is 11.0 Å². The molecule has 5 rings (SSSR count). The van der Waals surface area contributed by atoms with Crippen LogP contribution >= 0.6 is 11.8 Å². The lowest BCUT2D eigenvalue weighted by molar-refractivity contribution is 0.0993. The molecule has 7 heteroatoms. The van der Waals surface area contributed by atoms with Crippen molar-refractivity contribution in [3.05, 3.63) is 65.2 Å². The van der Waals surface area contributed by atoms with Crippen molar-refractivity contribution in [1.29, 1.82) is 0 Å². The van der Waals surface area contributed by atoms with Gasteiger partial charge >= 0.3 is 0 Å². The zero-order valence-corrected chi connectivity index (χ0v) is 18.5. The van der Waals surface area contributed by atoms with Gasteiger partial charge in [-0.1, -0.05) is 42.1 Å². The second-order valence-corrected chi connectivity index (χ2v) is 9.32. The molecule has 1 atom stereocenters. The quantitative estimate of drug-likeness (QED) is 0.432. The topological polar surface area (TPSA) is 60.2 Å². The van der Waals surface area contributed by atoms with Gasteiger partial charge in [0.1, 0.15) is 0 Å². The largest absolute Gasteiger partial charge is 0.378 e. The molecule has 1 saturated heterocycles. The summed E-state index contributed by atoms with van der Waals surface area (Å²) >= 11 is 1.47. The van der Waals surface area contributed by atoms with Gasteiger partial charge in [-0.25, -0.2) is 0 Å². The van der Waals surface area contributed by atoms with E-state index in [0.29, 0.717) is 13.2 Å². The minimum absolute atomic E-state index is 0.134. The molecular weight excluding hydrogens is 408 g/mol. The van der Waals surface area contributed by atoms with Gasteiger partial charge < -0.3 is 9.64 Å². The first kappa shape index (κ1) is 20.3. The molecule has 2 aromatic carbocycles. The van der Waals surface area contributed by atoms with E-state index >= 15 is 0 Å². The van der Waals surface area contributed by atoms with E-state index in [0.717, 1.165) is 48.3 Å². The van der Waals surface area contributed by atoms with Gasteiger partial charge in [0.15, 0.2) is 10.9 Å². The number of ketones is 1. The first-order valence-corrected chi connectivity index (χ1v) is 11.7. The van der Waals surface area contributed by atoms with Crippen LogP contribution in [-0.4, -0.2) is 52.1 Å². The summed E-state index contributed by atoms with van der Waals surface area (Å²) in [4.78, 5) is 15.4. The van der Waals surface area contributed by atoms with Gasteiger partial charge in [-0.2, -0.15) is 0 Å². The molecule has 1 aromatic heterocycles. The number of hydrogen-bond donors (Lipinski definition) is 0. The highest BCUT2D eigenvalue weighted by molar-refractivity contribution is 8.00. The average Bonchev–Trinajstić information content (AvgIpc) is 3.46. The molecule has 1 aliphatic heterocycles. The molecule has 0 amide bonds. The van der Waals surface area contributed by atoms with Crippen LogP contribution in [0, 0.1) is 0 Å². The number of ether oxygens (including phenoxy) is 1. The summed E-state index contributed by atoms with van der Waals surface area (Å²) < 4.78 is 7.56. The molecule has 0 N–H and O–H groups in total. The third-order valence-electron chi connectivity index (χ3n) is 5.96. The predicted octanol–water partition coefficient (Wildman–Crippen LogP) is 3.96. The maximum Gasteiger partial charge on any atom is 0.232 e. The van der Waals surface area contributed by atoms with Crippen LogP contribution < -0.4 is 4.90 Å². The van der Waals surface area contributed by atoms with Gasteiger partial charge in [0.2, 0.25) is 5.95 Å². The van der Waals surface area contributed by atoms with E-state index in [9.17, 15) is 4.79 Å². The zero-order valence-electron chi connectivity index (χ0n) is 17.7. The SMILES string of the molecule is CC(Sc1nnc(N2CCOCC2)n1-c1ccccc1)C(=O)c1ccc2c(c1)CCC2. The fraction of sp³-hybridized carbons (Fsp3) is 0.375. The van der Waals surface area contributed by atoms with Crippen molar-refractivity contribution in [2.45, 2.75) is 36.6 Å². The highest BCUT2D eigenvalue weighted by Crippen LogP contribution is 2.31. The van der Waals surface area contributed by atoms with E-state index in [1.54, 1.807) is 0 Å². The maximum absolute atomic E-state index is 13.2. The number of carbonyl (C=O) groups is 1. The Morgan fingerprint density at radius 1 is 1.03 bits per heavy atom. The number of fused-ring (bicyclic) bond motifs is 1. The molecule has 1 aliphatic carbocycles. The first-order chi connectivity index (χ1) is 15.2. The van der Waals surface area contributed by atoms with E-state index in [2.05, 4.69) is 31.8 Å². The lowest BCUT2D eigenvalue weighted by Crippen LogP contribution is -2.37. The lowest BCUT2D eigenvalue weighted by atomic mass is 10.0. The zero-order chi connectivity index (χ0) is 21.2. The van der Waals surface area contributed by atoms with Crippen LogP contribution in [0.25, 0.3) is 5.69 Å². The number of rotatable bonds is 6. The Hall–Kier alpha value is -2.64. The van der Waals surface area contributed by atoms with Crippen molar-refractivity contribution in [2.75, 3.05) is 31.2 Å². The molecule has 160 valence electrons. The predicted molar refractivity (Wildman–Crippen MR) is 123 cm³/mol. The number of Topliss-reactive ketones (excluding diaryl/α,β-unsaturated/α-hetero) is 1. The number of morpholine rings is 1. The number of carbonyl (C=O) groups excluding carboxylic acids is 1. The molecule has 1 fully saturated rings. The number of para-hydroxylation sites is 1. The van der Waals surface area contributed by atoms with Crippen LogP contribution in [0.15, 0.2) is 53.7 Å². The summed E-state index contributed by atoms with van der Waals surface area (Å²) in [5.41, 5.74) is 4.49. The number of aryl methyl sites for hydroxylation is 2. The van der Waals surface area contributed by atoms with Crippen LogP contribution in [0.2, 0.25) is 0 Å². The van der Waals surface area contributed by atoms with Crippen molar-refractivity contribution >= 4 is 23.5 Å². The summed E-state index contributed by atoms with van der Waals surface area (Å²) in [6, 6.07) is 16.3. The van der Waals surface area contributed by atoms with Gasteiger partial charge in [-0.15, -0.1) is 10.2 Å². The van der Waals surface area contributed by atoms with Gasteiger partial charge in [0, 0.05) is 18.7 Å². The monoisotopic (exact) mass is 434 g/mol. The van der Waals surface area contributed by atoms with Crippen molar-refractivity contribution < 1.29 is 9.53 Å². The van der Waals surface area contributed by atoms with Crippen LogP contribution in [0.5, 0.6) is 0 Å². The molecule has 6 nitrogen and oxygen atoms in total. The number of thioether (sulfide) groups is 1. The van der Waals surface area contributed by atoms with Crippen LogP contribution in [0.3, 0.4) is 0 Å². The number of anilines is 1. The Kier molecular flexibility index (Phi) is 5.78. The minimum atomic E-state index is -0.261. The first-order valence-electron chi connectivity index (χ1n) is 10.9. The number of nitrogens with zero attached hydrogens (tertiary/aromatic N) is 4. The van der Waals surface area contributed by atoms with Crippen molar-refractivity contribution in [3.8, 4) is 5.69 Å². The van der Waals surface area contributed by atoms with E-state index in [4.69, 9.17) is 4.74 Å². The van der Waals surface area contributed by atoms with E-state index in [1.807, 2.05) is 43.3 Å². The highest BCUT2D eigenvalue weighted by Gasteiger charge is 2.26. The Balaban J connectivity index is 1.43. The van der Waals surface area contributed by atoms with Crippen molar-refractivity contribution in [3.63, 3.8) is 0 Å². The van der Waals surface area contributed by atoms with Gasteiger partial charge in [-0.05, 0) is 55.5 Å². The van der Waals surface area contributed by atoms with Crippen molar-refractivity contribution in [1.82, 2.24) is 14.8 Å². The van der Waals surface area contributed by atoms with Gasteiger partial charge in [-0.3, -0.25) is 9.36 Å². The van der Waals surface area contributed by atoms with E-state index < -0.39 is 0 Å². The standard InChI is InChI=1S/C24H26N4O2S/c1-17(22(29)20-11-10-18-6-5-7-19(18)16-20)31-24-26-25-23(27-12-14-30-15-13-27)28(24)21-8-3-2-4-9-21/h2-4,8-11,16-17H,5-7,12-15H2,1H3. The molecule has 2 aliphatic rings. The van der Waals surface area contributed by atoms with Gasteiger partial charge in [0.05, 0.1) is 24.2 Å². The second-order valence-electron chi connectivity index (χ2n) is 8.01. The fourth-order valence-electron chi connectivity index (χ4n) is 4.28. The number of aromatic nitrogens is 3. The Morgan fingerprint density at radius 2 is 1.81 bits per heavy atom. The summed E-state index contributed by atoms with van der Waals surface area (Å²) in [7, 11) is 0. The highest BCUT2D eigenvalue weighted by atomic mass is 32.2. The summed E-state index contributed by atoms with van der Waals surface area (Å²) in [6.07, 6.45) is 3.38. The Bertz CT molecular complexity index is 1080. The third-order valence-corrected chi connectivity index (χ3v) is 7.00. The molecule has 0 radical (unpaired) electrons.